The van der Waals surface area contributed by atoms with Crippen molar-refractivity contribution >= 4 is 15.9 Å². The van der Waals surface area contributed by atoms with E-state index in [4.69, 9.17) is 5.26 Å². The fraction of sp³-hybridized carbons (Fsp3) is 0.333. The van der Waals surface area contributed by atoms with Gasteiger partial charge in [0.1, 0.15) is 5.69 Å². The first-order valence-corrected chi connectivity index (χ1v) is 4.66. The van der Waals surface area contributed by atoms with Gasteiger partial charge in [0.15, 0.2) is 0 Å². The Kier molecular flexibility index (Phi) is 3.53. The average molecular weight is 261 g/mol. The lowest BCUT2D eigenvalue weighted by molar-refractivity contribution is 0.145. The number of nitriles is 1. The Hall–Kier alpha value is -1.02. The molecule has 0 aliphatic rings. The maximum Gasteiger partial charge on any atom is 0.280 e. The second kappa shape index (κ2) is 4.47. The smallest absolute Gasteiger partial charge is 0.250 e. The van der Waals surface area contributed by atoms with Crippen LogP contribution in [0.2, 0.25) is 0 Å². The van der Waals surface area contributed by atoms with Crippen LogP contribution in [0.1, 0.15) is 23.4 Å². The first-order chi connectivity index (χ1) is 6.56. The summed E-state index contributed by atoms with van der Waals surface area (Å²) in [7, 11) is 0. The van der Waals surface area contributed by atoms with Crippen LogP contribution in [-0.4, -0.2) is 4.98 Å². The normalized spacial score (nSPS) is 10.3. The molecule has 0 saturated heterocycles. The Bertz CT molecular complexity index is 385. The van der Waals surface area contributed by atoms with Gasteiger partial charge in [-0.1, -0.05) is 15.9 Å². The van der Waals surface area contributed by atoms with Crippen LogP contribution in [0, 0.1) is 18.3 Å². The van der Waals surface area contributed by atoms with Crippen molar-refractivity contribution in [3.05, 3.63) is 27.5 Å². The summed E-state index contributed by atoms with van der Waals surface area (Å²) in [6.07, 6.45) is -2.57. The second-order valence-corrected chi connectivity index (χ2v) is 3.60. The Balaban J connectivity index is 3.22. The number of rotatable bonds is 2. The zero-order valence-corrected chi connectivity index (χ0v) is 8.98. The molecular formula is C9H7BrF2N2. The summed E-state index contributed by atoms with van der Waals surface area (Å²) in [6.45, 7) is 1.56. The van der Waals surface area contributed by atoms with Crippen LogP contribution in [0.25, 0.3) is 0 Å². The van der Waals surface area contributed by atoms with E-state index in [2.05, 4.69) is 20.9 Å². The molecule has 0 N–H and O–H groups in total. The third-order valence-corrected chi connectivity index (χ3v) is 2.59. The highest BCUT2D eigenvalue weighted by Gasteiger charge is 2.15. The van der Waals surface area contributed by atoms with Gasteiger partial charge in [-0.15, -0.1) is 0 Å². The van der Waals surface area contributed by atoms with Crippen LogP contribution in [-0.2, 0) is 6.42 Å². The number of aromatic nitrogens is 1. The molecule has 0 amide bonds. The van der Waals surface area contributed by atoms with Gasteiger partial charge in [-0.25, -0.2) is 8.78 Å². The van der Waals surface area contributed by atoms with E-state index >= 15 is 0 Å². The molecule has 74 valence electrons. The Morgan fingerprint density at radius 1 is 1.64 bits per heavy atom. The van der Waals surface area contributed by atoms with E-state index in [1.165, 1.54) is 0 Å². The maximum absolute atomic E-state index is 12.5. The zero-order chi connectivity index (χ0) is 10.7. The third kappa shape index (κ3) is 2.26. The first kappa shape index (κ1) is 11.1. The Morgan fingerprint density at radius 3 is 2.79 bits per heavy atom. The number of alkyl halides is 2. The molecule has 1 aromatic heterocycles. The van der Waals surface area contributed by atoms with Gasteiger partial charge < -0.3 is 0 Å². The zero-order valence-electron chi connectivity index (χ0n) is 7.39. The van der Waals surface area contributed by atoms with Crippen molar-refractivity contribution in [2.75, 3.05) is 0 Å². The van der Waals surface area contributed by atoms with E-state index in [0.717, 1.165) is 0 Å². The quantitative estimate of drug-likeness (QED) is 0.819. The van der Waals surface area contributed by atoms with Crippen molar-refractivity contribution in [1.29, 1.82) is 5.26 Å². The van der Waals surface area contributed by atoms with Gasteiger partial charge in [0.25, 0.3) is 6.43 Å². The molecular weight excluding hydrogens is 254 g/mol. The van der Waals surface area contributed by atoms with Crippen LogP contribution < -0.4 is 0 Å². The van der Waals surface area contributed by atoms with Crippen LogP contribution in [0.3, 0.4) is 0 Å². The predicted octanol–water partition coefficient (Wildman–Crippen LogP) is 3.16. The van der Waals surface area contributed by atoms with E-state index in [0.29, 0.717) is 15.7 Å². The fourth-order valence-electron chi connectivity index (χ4n) is 1.03. The van der Waals surface area contributed by atoms with Crippen molar-refractivity contribution in [3.63, 3.8) is 0 Å². The molecule has 1 heterocycles. The van der Waals surface area contributed by atoms with Crippen molar-refractivity contribution < 1.29 is 8.78 Å². The highest BCUT2D eigenvalue weighted by molar-refractivity contribution is 9.10. The molecule has 0 aromatic carbocycles. The minimum atomic E-state index is -2.61. The molecule has 0 unspecified atom stereocenters. The topological polar surface area (TPSA) is 36.7 Å². The van der Waals surface area contributed by atoms with Crippen molar-refractivity contribution in [1.82, 2.24) is 4.98 Å². The third-order valence-electron chi connectivity index (χ3n) is 1.77. The molecule has 0 atom stereocenters. The van der Waals surface area contributed by atoms with Crippen LogP contribution >= 0.6 is 15.9 Å². The SMILES string of the molecule is Cc1c(Br)cc(CC#N)nc1C(F)F. The van der Waals surface area contributed by atoms with Gasteiger partial charge >= 0.3 is 0 Å². The van der Waals surface area contributed by atoms with Crippen molar-refractivity contribution in [2.45, 2.75) is 19.8 Å². The summed E-state index contributed by atoms with van der Waals surface area (Å²) in [5.74, 6) is 0. The summed E-state index contributed by atoms with van der Waals surface area (Å²) in [5, 5.41) is 8.42. The molecule has 0 aliphatic heterocycles. The lowest BCUT2D eigenvalue weighted by Crippen LogP contribution is -2.00. The van der Waals surface area contributed by atoms with Crippen LogP contribution in [0.5, 0.6) is 0 Å². The van der Waals surface area contributed by atoms with Gasteiger partial charge in [0.2, 0.25) is 0 Å². The van der Waals surface area contributed by atoms with E-state index in [1.807, 2.05) is 6.07 Å². The fourth-order valence-corrected chi connectivity index (χ4v) is 1.50. The number of hydrogen-bond donors (Lipinski definition) is 0. The summed E-state index contributed by atoms with van der Waals surface area (Å²) >= 11 is 3.15. The van der Waals surface area contributed by atoms with E-state index in [-0.39, 0.29) is 12.1 Å². The molecule has 0 fully saturated rings. The number of hydrogen-bond acceptors (Lipinski definition) is 2. The summed E-state index contributed by atoms with van der Waals surface area (Å²) in [6, 6.07) is 3.46. The largest absolute Gasteiger partial charge is 0.280 e. The molecule has 1 aromatic rings. The minimum absolute atomic E-state index is 0.0403. The summed E-state index contributed by atoms with van der Waals surface area (Å²) < 4.78 is 25.5. The average Bonchev–Trinajstić information content (AvgIpc) is 2.11. The van der Waals surface area contributed by atoms with Crippen LogP contribution in [0.15, 0.2) is 10.5 Å². The van der Waals surface area contributed by atoms with Crippen LogP contribution in [0.4, 0.5) is 8.78 Å². The molecule has 2 nitrogen and oxygen atoms in total. The van der Waals surface area contributed by atoms with Gasteiger partial charge in [0.05, 0.1) is 18.2 Å². The number of halogens is 3. The maximum atomic E-state index is 12.5. The Labute approximate surface area is 88.7 Å². The molecule has 1 rings (SSSR count). The van der Waals surface area contributed by atoms with Gasteiger partial charge in [0, 0.05) is 4.47 Å². The van der Waals surface area contributed by atoms with Gasteiger partial charge in [-0.3, -0.25) is 4.98 Å². The van der Waals surface area contributed by atoms with E-state index in [9.17, 15) is 8.78 Å². The molecule has 0 spiro atoms. The Morgan fingerprint density at radius 2 is 2.29 bits per heavy atom. The minimum Gasteiger partial charge on any atom is -0.250 e. The molecule has 0 aliphatic carbocycles. The van der Waals surface area contributed by atoms with Gasteiger partial charge in [-0.05, 0) is 18.6 Å². The molecule has 5 heteroatoms. The molecule has 0 saturated carbocycles. The standard InChI is InChI=1S/C9H7BrF2N2/c1-5-7(10)4-6(2-3-13)14-8(5)9(11)12/h4,9H,2H2,1H3. The molecule has 0 radical (unpaired) electrons. The molecule has 14 heavy (non-hydrogen) atoms. The second-order valence-electron chi connectivity index (χ2n) is 2.74. The van der Waals surface area contributed by atoms with Gasteiger partial charge in [-0.2, -0.15) is 5.26 Å². The van der Waals surface area contributed by atoms with Crippen molar-refractivity contribution in [3.8, 4) is 6.07 Å². The van der Waals surface area contributed by atoms with E-state index < -0.39 is 6.43 Å². The number of nitrogens with zero attached hydrogens (tertiary/aromatic N) is 2. The molecule has 0 bridgehead atoms. The van der Waals surface area contributed by atoms with Crippen molar-refractivity contribution in [2.24, 2.45) is 0 Å². The first-order valence-electron chi connectivity index (χ1n) is 3.87. The monoisotopic (exact) mass is 260 g/mol. The lowest BCUT2D eigenvalue weighted by Gasteiger charge is -2.07. The predicted molar refractivity (Wildman–Crippen MR) is 50.9 cm³/mol. The highest BCUT2D eigenvalue weighted by Crippen LogP contribution is 2.26. The highest BCUT2D eigenvalue weighted by atomic mass is 79.9. The summed E-state index contributed by atoms with van der Waals surface area (Å²) in [4.78, 5) is 3.72. The number of pyridine rings is 1. The lowest BCUT2D eigenvalue weighted by atomic mass is 10.2. The van der Waals surface area contributed by atoms with E-state index in [1.54, 1.807) is 13.0 Å². The summed E-state index contributed by atoms with van der Waals surface area (Å²) in [5.41, 5.74) is 0.520.